The fourth-order valence-electron chi connectivity index (χ4n) is 3.24. The summed E-state index contributed by atoms with van der Waals surface area (Å²) in [5.74, 6) is -0.454. The summed E-state index contributed by atoms with van der Waals surface area (Å²) in [5.41, 5.74) is 6.16. The van der Waals surface area contributed by atoms with Crippen LogP contribution >= 0.6 is 0 Å². The Bertz CT molecular complexity index is 1130. The van der Waals surface area contributed by atoms with Gasteiger partial charge in [0.2, 0.25) is 0 Å². The van der Waals surface area contributed by atoms with Gasteiger partial charge in [-0.3, -0.25) is 4.79 Å². The Balaban J connectivity index is 1.59. The molecule has 3 N–H and O–H groups in total. The average molecular weight is 362 g/mol. The molecule has 2 aromatic heterocycles. The van der Waals surface area contributed by atoms with Gasteiger partial charge in [0.05, 0.1) is 6.33 Å². The van der Waals surface area contributed by atoms with Crippen molar-refractivity contribution in [1.29, 1.82) is 0 Å². The number of halogens is 1. The summed E-state index contributed by atoms with van der Waals surface area (Å²) in [6, 6.07) is 12.5. The molecule has 0 radical (unpaired) electrons. The largest absolute Gasteiger partial charge is 0.354 e. The van der Waals surface area contributed by atoms with Crippen LogP contribution in [0, 0.1) is 19.7 Å². The molecule has 4 aromatic rings. The van der Waals surface area contributed by atoms with Gasteiger partial charge in [-0.15, -0.1) is 0 Å². The van der Waals surface area contributed by atoms with Crippen molar-refractivity contribution >= 4 is 16.8 Å². The standard InChI is InChI=1S/C21H19FN4O/c1-12-17-9-14(10-23-21(27)20-13(2)24-11-25-20)3-8-18(17)26-19(12)15-4-6-16(22)7-5-15/h3-9,11,26H,10H2,1-2H3,(H,23,27)(H,24,25). The Hall–Kier alpha value is -3.41. The lowest BCUT2D eigenvalue weighted by Gasteiger charge is -2.05. The van der Waals surface area contributed by atoms with Gasteiger partial charge in [-0.05, 0) is 66.9 Å². The second-order valence-corrected chi connectivity index (χ2v) is 6.57. The number of amides is 1. The first-order chi connectivity index (χ1) is 13.0. The molecule has 0 saturated heterocycles. The minimum Gasteiger partial charge on any atom is -0.354 e. The molecular weight excluding hydrogens is 343 g/mol. The van der Waals surface area contributed by atoms with Crippen molar-refractivity contribution in [1.82, 2.24) is 20.3 Å². The Kier molecular flexibility index (Phi) is 4.24. The first kappa shape index (κ1) is 17.0. The topological polar surface area (TPSA) is 73.6 Å². The Morgan fingerprint density at radius 1 is 1.15 bits per heavy atom. The molecule has 2 aromatic carbocycles. The van der Waals surface area contributed by atoms with Crippen molar-refractivity contribution in [2.45, 2.75) is 20.4 Å². The van der Waals surface area contributed by atoms with Crippen LogP contribution in [0.5, 0.6) is 0 Å². The van der Waals surface area contributed by atoms with E-state index in [1.165, 1.54) is 18.5 Å². The predicted molar refractivity (Wildman–Crippen MR) is 103 cm³/mol. The molecular formula is C21H19FN4O. The number of imidazole rings is 1. The second kappa shape index (κ2) is 6.72. The summed E-state index contributed by atoms with van der Waals surface area (Å²) in [4.78, 5) is 22.6. The number of hydrogen-bond acceptors (Lipinski definition) is 2. The molecule has 0 unspecified atom stereocenters. The van der Waals surface area contributed by atoms with Gasteiger partial charge in [0.15, 0.2) is 0 Å². The van der Waals surface area contributed by atoms with Crippen LogP contribution < -0.4 is 5.32 Å². The maximum absolute atomic E-state index is 13.2. The molecule has 0 aliphatic carbocycles. The lowest BCUT2D eigenvalue weighted by Crippen LogP contribution is -2.23. The van der Waals surface area contributed by atoms with E-state index in [9.17, 15) is 9.18 Å². The third-order valence-electron chi connectivity index (χ3n) is 4.75. The number of fused-ring (bicyclic) bond motifs is 1. The molecule has 6 heteroatoms. The smallest absolute Gasteiger partial charge is 0.272 e. The summed E-state index contributed by atoms with van der Waals surface area (Å²) < 4.78 is 13.2. The number of aryl methyl sites for hydroxylation is 2. The first-order valence-corrected chi connectivity index (χ1v) is 8.68. The number of H-pyrrole nitrogens is 2. The average Bonchev–Trinajstić information content (AvgIpc) is 3.24. The van der Waals surface area contributed by atoms with Gasteiger partial charge in [0, 0.05) is 28.8 Å². The Morgan fingerprint density at radius 3 is 2.63 bits per heavy atom. The van der Waals surface area contributed by atoms with Crippen molar-refractivity contribution in [3.63, 3.8) is 0 Å². The minimum absolute atomic E-state index is 0.202. The number of nitrogens with one attached hydrogen (secondary N) is 3. The normalized spacial score (nSPS) is 11.1. The fraction of sp³-hybridized carbons (Fsp3) is 0.143. The van der Waals surface area contributed by atoms with Crippen molar-refractivity contribution in [3.8, 4) is 11.3 Å². The zero-order chi connectivity index (χ0) is 19.0. The molecule has 27 heavy (non-hydrogen) atoms. The highest BCUT2D eigenvalue weighted by Gasteiger charge is 2.13. The highest BCUT2D eigenvalue weighted by atomic mass is 19.1. The molecule has 0 fully saturated rings. The zero-order valence-corrected chi connectivity index (χ0v) is 15.1. The molecule has 1 amide bonds. The molecule has 0 aliphatic heterocycles. The monoisotopic (exact) mass is 362 g/mol. The number of aromatic nitrogens is 3. The van der Waals surface area contributed by atoms with Crippen molar-refractivity contribution < 1.29 is 9.18 Å². The lowest BCUT2D eigenvalue weighted by atomic mass is 10.0. The fourth-order valence-corrected chi connectivity index (χ4v) is 3.24. The third-order valence-corrected chi connectivity index (χ3v) is 4.75. The third kappa shape index (κ3) is 3.21. The number of nitrogens with zero attached hydrogens (tertiary/aromatic N) is 1. The molecule has 4 rings (SSSR count). The van der Waals surface area contributed by atoms with Gasteiger partial charge in [0.25, 0.3) is 5.91 Å². The van der Waals surface area contributed by atoms with Crippen LogP contribution in [-0.4, -0.2) is 20.9 Å². The van der Waals surface area contributed by atoms with Gasteiger partial charge in [-0.25, -0.2) is 9.37 Å². The molecule has 0 atom stereocenters. The van der Waals surface area contributed by atoms with Gasteiger partial charge >= 0.3 is 0 Å². The SMILES string of the molecule is Cc1[nH]cnc1C(=O)NCc1ccc2[nH]c(-c3ccc(F)cc3)c(C)c2c1. The Morgan fingerprint density at radius 2 is 1.93 bits per heavy atom. The van der Waals surface area contributed by atoms with Crippen molar-refractivity contribution in [3.05, 3.63) is 77.1 Å². The van der Waals surface area contributed by atoms with Crippen molar-refractivity contribution in [2.24, 2.45) is 0 Å². The van der Waals surface area contributed by atoms with Gasteiger partial charge in [-0.2, -0.15) is 0 Å². The molecule has 0 aliphatic rings. The number of rotatable bonds is 4. The molecule has 0 saturated carbocycles. The summed E-state index contributed by atoms with van der Waals surface area (Å²) >= 11 is 0. The van der Waals surface area contributed by atoms with Crippen LogP contribution in [0.3, 0.4) is 0 Å². The molecule has 0 bridgehead atoms. The van der Waals surface area contributed by atoms with E-state index in [-0.39, 0.29) is 11.7 Å². The summed E-state index contributed by atoms with van der Waals surface area (Å²) in [6.07, 6.45) is 1.51. The van der Waals surface area contributed by atoms with Crippen LogP contribution in [0.25, 0.3) is 22.2 Å². The molecule has 0 spiro atoms. The van der Waals surface area contributed by atoms with E-state index in [0.29, 0.717) is 12.2 Å². The number of carbonyl (C=O) groups excluding carboxylic acids is 1. The molecule has 5 nitrogen and oxygen atoms in total. The highest BCUT2D eigenvalue weighted by Crippen LogP contribution is 2.30. The Labute approximate surface area is 155 Å². The second-order valence-electron chi connectivity index (χ2n) is 6.57. The number of hydrogen-bond donors (Lipinski definition) is 3. The molecule has 136 valence electrons. The summed E-state index contributed by atoms with van der Waals surface area (Å²) in [7, 11) is 0. The number of aromatic amines is 2. The van der Waals surface area contributed by atoms with E-state index in [4.69, 9.17) is 0 Å². The van der Waals surface area contributed by atoms with E-state index in [0.717, 1.165) is 39.0 Å². The summed E-state index contributed by atoms with van der Waals surface area (Å²) in [6.45, 7) is 4.26. The summed E-state index contributed by atoms with van der Waals surface area (Å²) in [5, 5.41) is 3.98. The van der Waals surface area contributed by atoms with Gasteiger partial charge in [-0.1, -0.05) is 6.07 Å². The van der Waals surface area contributed by atoms with E-state index >= 15 is 0 Å². The quantitative estimate of drug-likeness (QED) is 0.508. The van der Waals surface area contributed by atoms with Crippen LogP contribution in [-0.2, 0) is 6.54 Å². The van der Waals surface area contributed by atoms with Crippen molar-refractivity contribution in [2.75, 3.05) is 0 Å². The maximum Gasteiger partial charge on any atom is 0.272 e. The highest BCUT2D eigenvalue weighted by molar-refractivity contribution is 5.93. The lowest BCUT2D eigenvalue weighted by molar-refractivity contribution is 0.0946. The van der Waals surface area contributed by atoms with Crippen LogP contribution in [0.4, 0.5) is 4.39 Å². The van der Waals surface area contributed by atoms with Crippen LogP contribution in [0.2, 0.25) is 0 Å². The zero-order valence-electron chi connectivity index (χ0n) is 15.1. The minimum atomic E-state index is -0.252. The van der Waals surface area contributed by atoms with E-state index in [1.54, 1.807) is 12.1 Å². The van der Waals surface area contributed by atoms with Gasteiger partial charge in [0.1, 0.15) is 11.5 Å². The van der Waals surface area contributed by atoms with Gasteiger partial charge < -0.3 is 15.3 Å². The van der Waals surface area contributed by atoms with Crippen LogP contribution in [0.15, 0.2) is 48.8 Å². The number of carbonyl (C=O) groups is 1. The van der Waals surface area contributed by atoms with Crippen LogP contribution in [0.1, 0.15) is 27.3 Å². The van der Waals surface area contributed by atoms with E-state index < -0.39 is 0 Å². The molecule has 2 heterocycles. The van der Waals surface area contributed by atoms with E-state index in [2.05, 4.69) is 26.3 Å². The van der Waals surface area contributed by atoms with E-state index in [1.807, 2.05) is 26.0 Å². The maximum atomic E-state index is 13.2. The number of benzene rings is 2. The predicted octanol–water partition coefficient (Wildman–Crippen LogP) is 4.24. The first-order valence-electron chi connectivity index (χ1n) is 8.68.